The van der Waals surface area contributed by atoms with E-state index in [1.807, 2.05) is 0 Å². The van der Waals surface area contributed by atoms with Crippen LogP contribution in [0.4, 0.5) is 0 Å². The van der Waals surface area contributed by atoms with Gasteiger partial charge >= 0.3 is 5.09 Å². The van der Waals surface area contributed by atoms with Crippen LogP contribution in [0.2, 0.25) is 0 Å². The van der Waals surface area contributed by atoms with E-state index in [9.17, 15) is 0 Å². The van der Waals surface area contributed by atoms with Gasteiger partial charge in [-0.2, -0.15) is 0 Å². The first kappa shape index (κ1) is 9.61. The van der Waals surface area contributed by atoms with Crippen molar-refractivity contribution in [2.75, 3.05) is 0 Å². The van der Waals surface area contributed by atoms with Crippen LogP contribution in [0, 0.1) is 45.7 Å². The molecular weight excluding hydrogens is 217 g/mol. The zero-order chi connectivity index (χ0) is 4.28. The molecule has 0 aliphatic carbocycles. The van der Waals surface area contributed by atoms with E-state index in [0.29, 0.717) is 0 Å². The molecule has 6 heavy (non-hydrogen) atoms. The third-order valence-electron chi connectivity index (χ3n) is 0.0667. The summed E-state index contributed by atoms with van der Waals surface area (Å²) in [5.74, 6) is 0. The van der Waals surface area contributed by atoms with Gasteiger partial charge in [0.25, 0.3) is 0 Å². The Morgan fingerprint density at radius 2 is 2.00 bits per heavy atom. The quantitative estimate of drug-likeness (QED) is 0.371. The largest absolute Gasteiger partial charge is 0.322 e. The molecule has 33 valence electrons. The van der Waals surface area contributed by atoms with Gasteiger partial charge in [-0.3, -0.25) is 0 Å². The van der Waals surface area contributed by atoms with Gasteiger partial charge in [-0.05, 0) is 0 Å². The summed E-state index contributed by atoms with van der Waals surface area (Å²) in [5, 5.41) is 14.3. The van der Waals surface area contributed by atoms with E-state index in [-0.39, 0.29) is 35.6 Å². The fourth-order valence-corrected chi connectivity index (χ4v) is 0. The topological polar surface area (TPSA) is 72.6 Å². The second-order valence-electron chi connectivity index (χ2n) is 0.305. The van der Waals surface area contributed by atoms with E-state index in [0.717, 1.165) is 0 Å². The van der Waals surface area contributed by atoms with Gasteiger partial charge in [0.05, 0.1) is 0 Å². The maximum Gasteiger partial charge on any atom is 0.322 e. The van der Waals surface area contributed by atoms with E-state index in [1.165, 1.54) is 0 Å². The molecule has 0 rings (SSSR count). The SMILES string of the molecule is O=[N+]([O-])OO.[La]. The van der Waals surface area contributed by atoms with Crippen LogP contribution in [0.3, 0.4) is 0 Å². The summed E-state index contributed by atoms with van der Waals surface area (Å²) in [5.41, 5.74) is 0. The fourth-order valence-electron chi connectivity index (χ4n) is 0. The molecule has 0 aromatic carbocycles. The van der Waals surface area contributed by atoms with Gasteiger partial charge < -0.3 is 0 Å². The molecule has 0 heterocycles. The molecule has 6 heteroatoms. The Balaban J connectivity index is 0. The van der Waals surface area contributed by atoms with E-state index in [1.54, 1.807) is 0 Å². The summed E-state index contributed by atoms with van der Waals surface area (Å²) in [6.07, 6.45) is 0. The molecule has 0 saturated carbocycles. The van der Waals surface area contributed by atoms with E-state index >= 15 is 0 Å². The Morgan fingerprint density at radius 1 is 1.83 bits per heavy atom. The summed E-state index contributed by atoms with van der Waals surface area (Å²) in [4.78, 5) is 11.2. The van der Waals surface area contributed by atoms with Crippen LogP contribution in [0.15, 0.2) is 0 Å². The zero-order valence-electron chi connectivity index (χ0n) is 2.70. The average molecular weight is 218 g/mol. The Hall–Kier alpha value is 0.355. The molecule has 0 fully saturated rings. The molecule has 0 atom stereocenters. The van der Waals surface area contributed by atoms with Gasteiger partial charge in [0.1, 0.15) is 0 Å². The van der Waals surface area contributed by atoms with Crippen molar-refractivity contribution in [1.29, 1.82) is 0 Å². The maximum absolute atomic E-state index is 8.70. The van der Waals surface area contributed by atoms with Crippen molar-refractivity contribution >= 4 is 0 Å². The van der Waals surface area contributed by atoms with E-state index < -0.39 is 5.09 Å². The second kappa shape index (κ2) is 5.35. The molecule has 0 aliphatic heterocycles. The summed E-state index contributed by atoms with van der Waals surface area (Å²) in [7, 11) is 0. The minimum atomic E-state index is -1.32. The van der Waals surface area contributed by atoms with Crippen molar-refractivity contribution < 1.29 is 50.9 Å². The van der Waals surface area contributed by atoms with E-state index in [4.69, 9.17) is 15.4 Å². The molecule has 1 N–H and O–H groups in total. The summed E-state index contributed by atoms with van der Waals surface area (Å²) >= 11 is 0. The number of hydrogen-bond donors (Lipinski definition) is 1. The van der Waals surface area contributed by atoms with Crippen LogP contribution in [0.25, 0.3) is 0 Å². The Labute approximate surface area is 60.9 Å². The van der Waals surface area contributed by atoms with Gasteiger partial charge in [-0.25, -0.2) is 5.26 Å². The van der Waals surface area contributed by atoms with Crippen molar-refractivity contribution in [2.45, 2.75) is 0 Å². The molecule has 0 aliphatic rings. The standard InChI is InChI=1S/La.HNO4/c;2-1(3)5-4/h;4H. The molecule has 0 spiro atoms. The fraction of sp³-hybridized carbons (Fsp3) is 0. The monoisotopic (exact) mass is 218 g/mol. The molecule has 0 aromatic heterocycles. The number of rotatable bonds is 1. The van der Waals surface area contributed by atoms with Crippen LogP contribution in [0.1, 0.15) is 0 Å². The van der Waals surface area contributed by atoms with E-state index in [2.05, 4.69) is 4.99 Å². The minimum Gasteiger partial charge on any atom is -0.214 e. The van der Waals surface area contributed by atoms with Crippen molar-refractivity contribution in [3.05, 3.63) is 10.1 Å². The number of hydrogen-bond acceptors (Lipinski definition) is 4. The second-order valence-corrected chi connectivity index (χ2v) is 0.305. The van der Waals surface area contributed by atoms with Crippen LogP contribution >= 0.6 is 0 Å². The molecule has 0 unspecified atom stereocenters. The van der Waals surface area contributed by atoms with Crippen molar-refractivity contribution in [1.82, 2.24) is 0 Å². The Bertz CT molecular complexity index is 42.8. The first-order valence-corrected chi connectivity index (χ1v) is 0.730. The van der Waals surface area contributed by atoms with Gasteiger partial charge in [-0.1, -0.05) is 0 Å². The third-order valence-corrected chi connectivity index (χ3v) is 0.0667. The summed E-state index contributed by atoms with van der Waals surface area (Å²) in [6, 6.07) is 0. The first-order chi connectivity index (χ1) is 2.27. The number of nitrogens with zero attached hydrogens (tertiary/aromatic N) is 1. The Morgan fingerprint density at radius 3 is 2.00 bits per heavy atom. The molecule has 0 saturated heterocycles. The maximum atomic E-state index is 8.70. The molecule has 0 amide bonds. The molecular formula is HLaNO4. The smallest absolute Gasteiger partial charge is 0.214 e. The predicted molar refractivity (Wildman–Crippen MR) is 10.7 cm³/mol. The average Bonchev–Trinajstić information content (AvgIpc) is 1.38. The molecule has 0 aromatic rings. The Kier molecular flexibility index (Phi) is 8.58. The van der Waals surface area contributed by atoms with Crippen LogP contribution < -0.4 is 0 Å². The minimum absolute atomic E-state index is 0. The van der Waals surface area contributed by atoms with Gasteiger partial charge in [0.2, 0.25) is 0 Å². The van der Waals surface area contributed by atoms with Gasteiger partial charge in [0.15, 0.2) is 0 Å². The van der Waals surface area contributed by atoms with Gasteiger partial charge in [0, 0.05) is 35.6 Å². The first-order valence-electron chi connectivity index (χ1n) is 0.730. The molecule has 5 nitrogen and oxygen atoms in total. The van der Waals surface area contributed by atoms with Crippen LogP contribution in [0.5, 0.6) is 0 Å². The van der Waals surface area contributed by atoms with Crippen molar-refractivity contribution in [3.63, 3.8) is 0 Å². The summed E-state index contributed by atoms with van der Waals surface area (Å²) in [6.45, 7) is 0. The molecule has 1 radical (unpaired) electrons. The normalized spacial score (nSPS) is 5.50. The summed E-state index contributed by atoms with van der Waals surface area (Å²) < 4.78 is 0. The van der Waals surface area contributed by atoms with Gasteiger partial charge in [-0.15, -0.1) is 15.1 Å². The third kappa shape index (κ3) is 8.84. The zero-order valence-corrected chi connectivity index (χ0v) is 6.32. The predicted octanol–water partition coefficient (Wildman–Crippen LogP) is -0.332. The van der Waals surface area contributed by atoms with Crippen LogP contribution in [-0.4, -0.2) is 10.3 Å². The van der Waals surface area contributed by atoms with Crippen molar-refractivity contribution in [3.8, 4) is 0 Å². The van der Waals surface area contributed by atoms with Crippen LogP contribution in [-0.2, 0) is 4.99 Å². The van der Waals surface area contributed by atoms with Crippen molar-refractivity contribution in [2.24, 2.45) is 0 Å². The molecule has 0 bridgehead atoms.